The van der Waals surface area contributed by atoms with Crippen molar-refractivity contribution >= 4 is 0 Å². The van der Waals surface area contributed by atoms with Gasteiger partial charge in [0, 0.05) is 5.92 Å². The highest BCUT2D eigenvalue weighted by molar-refractivity contribution is 5.21. The van der Waals surface area contributed by atoms with E-state index in [-0.39, 0.29) is 12.4 Å². The van der Waals surface area contributed by atoms with E-state index in [9.17, 15) is 5.11 Å². The molecule has 1 N–H and O–H groups in total. The first-order valence-corrected chi connectivity index (χ1v) is 4.55. The van der Waals surface area contributed by atoms with Gasteiger partial charge in [-0.2, -0.15) is 0 Å². The quantitative estimate of drug-likeness (QED) is 0.658. The Bertz CT molecular complexity index is 234. The lowest BCUT2D eigenvalue weighted by Crippen LogP contribution is -2.13. The molecule has 0 radical (unpaired) electrons. The normalized spacial score (nSPS) is 37.3. The van der Waals surface area contributed by atoms with Crippen LogP contribution in [0.1, 0.15) is 6.42 Å². The monoisotopic (exact) mass is 182 g/mol. The fraction of sp³-hybridized carbons (Fsp3) is 0.600. The van der Waals surface area contributed by atoms with E-state index in [1.54, 1.807) is 6.08 Å². The van der Waals surface area contributed by atoms with Gasteiger partial charge in [-0.15, -0.1) is 6.58 Å². The molecule has 2 rings (SSSR count). The summed E-state index contributed by atoms with van der Waals surface area (Å²) in [5, 5.41) is 9.37. The number of aliphatic hydroxyl groups is 1. The number of aliphatic hydroxyl groups excluding tert-OH is 1. The number of hydrogen-bond donors (Lipinski definition) is 1. The van der Waals surface area contributed by atoms with E-state index in [1.807, 2.05) is 6.08 Å². The molecule has 1 aliphatic carbocycles. The first kappa shape index (κ1) is 8.94. The molecule has 72 valence electrons. The Kier molecular flexibility index (Phi) is 2.49. The van der Waals surface area contributed by atoms with Gasteiger partial charge in [-0.25, -0.2) is 0 Å². The smallest absolute Gasteiger partial charge is 0.180 e. The lowest BCUT2D eigenvalue weighted by Gasteiger charge is -2.10. The van der Waals surface area contributed by atoms with E-state index in [1.165, 1.54) is 0 Å². The molecular weight excluding hydrogens is 168 g/mol. The Labute approximate surface area is 77.7 Å². The minimum absolute atomic E-state index is 0.250. The zero-order valence-electron chi connectivity index (χ0n) is 7.48. The third-order valence-corrected chi connectivity index (χ3v) is 2.47. The molecule has 0 spiro atoms. The molecule has 3 heteroatoms. The Morgan fingerprint density at radius 2 is 2.62 bits per heavy atom. The average molecular weight is 182 g/mol. The summed E-state index contributed by atoms with van der Waals surface area (Å²) >= 11 is 0. The van der Waals surface area contributed by atoms with Crippen LogP contribution in [0.5, 0.6) is 0 Å². The van der Waals surface area contributed by atoms with E-state index >= 15 is 0 Å². The molecule has 0 saturated carbocycles. The molecule has 0 amide bonds. The third-order valence-electron chi connectivity index (χ3n) is 2.47. The van der Waals surface area contributed by atoms with Gasteiger partial charge >= 0.3 is 0 Å². The maximum Gasteiger partial charge on any atom is 0.180 e. The van der Waals surface area contributed by atoms with Gasteiger partial charge in [0.05, 0.1) is 19.3 Å². The summed E-state index contributed by atoms with van der Waals surface area (Å²) in [6.45, 7) is 4.73. The molecule has 2 aliphatic rings. The van der Waals surface area contributed by atoms with Crippen molar-refractivity contribution in [3.63, 3.8) is 0 Å². The van der Waals surface area contributed by atoms with Crippen molar-refractivity contribution in [1.82, 2.24) is 0 Å². The van der Waals surface area contributed by atoms with Crippen molar-refractivity contribution in [3.8, 4) is 0 Å². The SMILES string of the molecule is C=CCOC1OCC2C[C@@H](O)C=C21. The van der Waals surface area contributed by atoms with Gasteiger partial charge in [0.1, 0.15) is 0 Å². The summed E-state index contributed by atoms with van der Waals surface area (Å²) in [6, 6.07) is 0. The molecule has 1 heterocycles. The predicted molar refractivity (Wildman–Crippen MR) is 48.1 cm³/mol. The second kappa shape index (κ2) is 3.62. The zero-order chi connectivity index (χ0) is 9.26. The Morgan fingerprint density at radius 1 is 1.77 bits per heavy atom. The fourth-order valence-electron chi connectivity index (χ4n) is 1.89. The van der Waals surface area contributed by atoms with E-state index < -0.39 is 0 Å². The maximum atomic E-state index is 9.37. The first-order valence-electron chi connectivity index (χ1n) is 4.55. The average Bonchev–Trinajstić information content (AvgIpc) is 2.61. The maximum absolute atomic E-state index is 9.37. The Hall–Kier alpha value is -0.640. The molecule has 0 aromatic carbocycles. The van der Waals surface area contributed by atoms with E-state index in [4.69, 9.17) is 9.47 Å². The summed E-state index contributed by atoms with van der Waals surface area (Å²) in [5.74, 6) is 0.366. The van der Waals surface area contributed by atoms with Gasteiger partial charge in [0.2, 0.25) is 0 Å². The minimum Gasteiger partial charge on any atom is -0.389 e. The molecule has 2 unspecified atom stereocenters. The molecule has 0 bridgehead atoms. The van der Waals surface area contributed by atoms with Crippen LogP contribution in [0, 0.1) is 5.92 Å². The van der Waals surface area contributed by atoms with Crippen LogP contribution in [-0.2, 0) is 9.47 Å². The minimum atomic E-state index is -0.307. The summed E-state index contributed by atoms with van der Waals surface area (Å²) in [5.41, 5.74) is 1.11. The Morgan fingerprint density at radius 3 is 3.38 bits per heavy atom. The molecule has 3 nitrogen and oxygen atoms in total. The number of fused-ring (bicyclic) bond motifs is 1. The van der Waals surface area contributed by atoms with Gasteiger partial charge in [-0.05, 0) is 12.0 Å². The van der Waals surface area contributed by atoms with Crippen LogP contribution in [0.3, 0.4) is 0 Å². The zero-order valence-corrected chi connectivity index (χ0v) is 7.48. The second-order valence-electron chi connectivity index (χ2n) is 3.45. The van der Waals surface area contributed by atoms with E-state index in [0.29, 0.717) is 19.1 Å². The van der Waals surface area contributed by atoms with Crippen molar-refractivity contribution in [2.45, 2.75) is 18.8 Å². The standard InChI is InChI=1S/C10H14O3/c1-2-3-12-10-9-5-8(11)4-7(9)6-13-10/h2,5,7-8,10-11H,1,3-4,6H2/t7?,8-,10?/m1/s1. The molecule has 0 aromatic heterocycles. The van der Waals surface area contributed by atoms with Crippen molar-refractivity contribution in [2.24, 2.45) is 5.92 Å². The molecule has 1 saturated heterocycles. The largest absolute Gasteiger partial charge is 0.389 e. The summed E-state index contributed by atoms with van der Waals surface area (Å²) in [4.78, 5) is 0. The summed E-state index contributed by atoms with van der Waals surface area (Å²) in [6.07, 6.45) is 3.77. The summed E-state index contributed by atoms with van der Waals surface area (Å²) in [7, 11) is 0. The van der Waals surface area contributed by atoms with Crippen molar-refractivity contribution < 1.29 is 14.6 Å². The van der Waals surface area contributed by atoms with Gasteiger partial charge in [-0.1, -0.05) is 12.2 Å². The number of ether oxygens (including phenoxy) is 2. The van der Waals surface area contributed by atoms with E-state index in [0.717, 1.165) is 12.0 Å². The predicted octanol–water partition coefficient (Wildman–Crippen LogP) is 0.853. The van der Waals surface area contributed by atoms with Crippen LogP contribution in [0.4, 0.5) is 0 Å². The van der Waals surface area contributed by atoms with Crippen LogP contribution < -0.4 is 0 Å². The summed E-state index contributed by atoms with van der Waals surface area (Å²) < 4.78 is 10.8. The first-order chi connectivity index (χ1) is 6.31. The van der Waals surface area contributed by atoms with Crippen molar-refractivity contribution in [3.05, 3.63) is 24.3 Å². The van der Waals surface area contributed by atoms with Gasteiger partial charge < -0.3 is 14.6 Å². The molecule has 1 aliphatic heterocycles. The van der Waals surface area contributed by atoms with Crippen molar-refractivity contribution in [2.75, 3.05) is 13.2 Å². The third kappa shape index (κ3) is 1.68. The van der Waals surface area contributed by atoms with Gasteiger partial charge in [0.25, 0.3) is 0 Å². The molecular formula is C10H14O3. The number of rotatable bonds is 3. The number of hydrogen-bond acceptors (Lipinski definition) is 3. The van der Waals surface area contributed by atoms with Crippen LogP contribution in [0.25, 0.3) is 0 Å². The van der Waals surface area contributed by atoms with Gasteiger partial charge in [-0.3, -0.25) is 0 Å². The highest BCUT2D eigenvalue weighted by Gasteiger charge is 2.37. The van der Waals surface area contributed by atoms with Crippen LogP contribution in [-0.4, -0.2) is 30.7 Å². The molecule has 1 fully saturated rings. The lowest BCUT2D eigenvalue weighted by molar-refractivity contribution is -0.0853. The highest BCUT2D eigenvalue weighted by atomic mass is 16.7. The topological polar surface area (TPSA) is 38.7 Å². The Balaban J connectivity index is 1.99. The second-order valence-corrected chi connectivity index (χ2v) is 3.45. The molecule has 3 atom stereocenters. The van der Waals surface area contributed by atoms with Crippen molar-refractivity contribution in [1.29, 1.82) is 0 Å². The van der Waals surface area contributed by atoms with Crippen LogP contribution in [0.2, 0.25) is 0 Å². The molecule has 13 heavy (non-hydrogen) atoms. The highest BCUT2D eigenvalue weighted by Crippen LogP contribution is 2.36. The van der Waals surface area contributed by atoms with Crippen LogP contribution in [0.15, 0.2) is 24.3 Å². The lowest BCUT2D eigenvalue weighted by atomic mass is 10.1. The van der Waals surface area contributed by atoms with Gasteiger partial charge in [0.15, 0.2) is 6.29 Å². The fourth-order valence-corrected chi connectivity index (χ4v) is 1.89. The van der Waals surface area contributed by atoms with E-state index in [2.05, 4.69) is 6.58 Å². The molecule has 0 aromatic rings. The van der Waals surface area contributed by atoms with Crippen LogP contribution >= 0.6 is 0 Å².